The summed E-state index contributed by atoms with van der Waals surface area (Å²) in [6.45, 7) is 0.624. The lowest BCUT2D eigenvalue weighted by atomic mass is 10.1. The van der Waals surface area contributed by atoms with Gasteiger partial charge in [0.2, 0.25) is 11.7 Å². The molecule has 3 rings (SSSR count). The highest BCUT2D eigenvalue weighted by atomic mass is 19.1. The van der Waals surface area contributed by atoms with Gasteiger partial charge in [0, 0.05) is 30.6 Å². The first-order chi connectivity index (χ1) is 14.1. The second kappa shape index (κ2) is 9.59. The Morgan fingerprint density at radius 1 is 0.931 bits per heavy atom. The molecule has 0 unspecified atom stereocenters. The third-order valence-electron chi connectivity index (χ3n) is 4.20. The fraction of sp³-hybridized carbons (Fsp3) is 0.238. The summed E-state index contributed by atoms with van der Waals surface area (Å²) in [6.07, 6.45) is 2.39. The third-order valence-corrected chi connectivity index (χ3v) is 4.20. The van der Waals surface area contributed by atoms with Gasteiger partial charge in [0.05, 0.1) is 21.3 Å². The summed E-state index contributed by atoms with van der Waals surface area (Å²) in [5.74, 6) is 2.47. The Bertz CT molecular complexity index is 926. The van der Waals surface area contributed by atoms with Gasteiger partial charge in [-0.1, -0.05) is 12.1 Å². The summed E-state index contributed by atoms with van der Waals surface area (Å²) in [6, 6.07) is 11.8. The van der Waals surface area contributed by atoms with Crippen LogP contribution in [0.5, 0.6) is 17.2 Å². The van der Waals surface area contributed by atoms with Crippen LogP contribution in [0.15, 0.2) is 48.7 Å². The predicted octanol–water partition coefficient (Wildman–Crippen LogP) is 4.04. The zero-order valence-electron chi connectivity index (χ0n) is 16.5. The number of anilines is 3. The van der Waals surface area contributed by atoms with Crippen molar-refractivity contribution < 1.29 is 18.6 Å². The first-order valence-corrected chi connectivity index (χ1v) is 9.01. The number of halogens is 1. The van der Waals surface area contributed by atoms with Crippen LogP contribution in [0, 0.1) is 5.82 Å². The molecule has 1 aromatic heterocycles. The molecule has 0 saturated carbocycles. The number of aromatic nitrogens is 2. The van der Waals surface area contributed by atoms with Crippen molar-refractivity contribution in [3.63, 3.8) is 0 Å². The highest BCUT2D eigenvalue weighted by Gasteiger charge is 2.13. The van der Waals surface area contributed by atoms with E-state index in [-0.39, 0.29) is 5.82 Å². The molecule has 7 nitrogen and oxygen atoms in total. The Morgan fingerprint density at radius 3 is 2.24 bits per heavy atom. The molecule has 0 spiro atoms. The molecule has 2 aromatic carbocycles. The molecule has 3 aromatic rings. The molecule has 0 atom stereocenters. The van der Waals surface area contributed by atoms with Gasteiger partial charge in [-0.15, -0.1) is 0 Å². The minimum atomic E-state index is -0.240. The Labute approximate surface area is 168 Å². The quantitative estimate of drug-likeness (QED) is 0.563. The van der Waals surface area contributed by atoms with Crippen molar-refractivity contribution in [2.75, 3.05) is 38.5 Å². The summed E-state index contributed by atoms with van der Waals surface area (Å²) in [7, 11) is 4.69. The second-order valence-corrected chi connectivity index (χ2v) is 6.11. The number of benzene rings is 2. The summed E-state index contributed by atoms with van der Waals surface area (Å²) >= 11 is 0. The molecular formula is C21H23FN4O3. The van der Waals surface area contributed by atoms with Crippen molar-refractivity contribution >= 4 is 17.5 Å². The SMILES string of the molecule is COc1cc(Nc2ccnc(NCCc3ccc(F)cc3)n2)cc(OC)c1OC. The molecular weight excluding hydrogens is 375 g/mol. The molecule has 1 heterocycles. The number of methoxy groups -OCH3 is 3. The zero-order chi connectivity index (χ0) is 20.6. The molecule has 0 saturated heterocycles. The van der Waals surface area contributed by atoms with Crippen LogP contribution in [0.2, 0.25) is 0 Å². The molecule has 0 radical (unpaired) electrons. The van der Waals surface area contributed by atoms with Gasteiger partial charge in [-0.25, -0.2) is 9.37 Å². The van der Waals surface area contributed by atoms with Crippen molar-refractivity contribution in [3.8, 4) is 17.2 Å². The Balaban J connectivity index is 1.67. The molecule has 8 heteroatoms. The molecule has 0 amide bonds. The van der Waals surface area contributed by atoms with Crippen LogP contribution >= 0.6 is 0 Å². The summed E-state index contributed by atoms with van der Waals surface area (Å²) in [5.41, 5.74) is 1.76. The first-order valence-electron chi connectivity index (χ1n) is 9.01. The predicted molar refractivity (Wildman–Crippen MR) is 110 cm³/mol. The van der Waals surface area contributed by atoms with Crippen LogP contribution in [0.1, 0.15) is 5.56 Å². The topological polar surface area (TPSA) is 77.5 Å². The van der Waals surface area contributed by atoms with E-state index in [2.05, 4.69) is 20.6 Å². The van der Waals surface area contributed by atoms with Crippen LogP contribution in [0.4, 0.5) is 21.8 Å². The summed E-state index contributed by atoms with van der Waals surface area (Å²) in [4.78, 5) is 8.69. The lowest BCUT2D eigenvalue weighted by Gasteiger charge is -2.15. The Hall–Kier alpha value is -3.55. The van der Waals surface area contributed by atoms with E-state index in [1.165, 1.54) is 12.1 Å². The van der Waals surface area contributed by atoms with E-state index >= 15 is 0 Å². The van der Waals surface area contributed by atoms with Gasteiger partial charge >= 0.3 is 0 Å². The fourth-order valence-corrected chi connectivity index (χ4v) is 2.78. The minimum Gasteiger partial charge on any atom is -0.493 e. The second-order valence-electron chi connectivity index (χ2n) is 6.11. The number of rotatable bonds is 9. The Kier molecular flexibility index (Phi) is 6.67. The van der Waals surface area contributed by atoms with Crippen LogP contribution in [0.3, 0.4) is 0 Å². The molecule has 0 bridgehead atoms. The molecule has 0 aliphatic heterocycles. The van der Waals surface area contributed by atoms with E-state index in [9.17, 15) is 4.39 Å². The zero-order valence-corrected chi connectivity index (χ0v) is 16.5. The van der Waals surface area contributed by atoms with E-state index in [0.29, 0.717) is 35.6 Å². The van der Waals surface area contributed by atoms with E-state index in [1.807, 2.05) is 0 Å². The van der Waals surface area contributed by atoms with Crippen LogP contribution in [0.25, 0.3) is 0 Å². The first kappa shape index (κ1) is 20.2. The minimum absolute atomic E-state index is 0.240. The normalized spacial score (nSPS) is 10.3. The van der Waals surface area contributed by atoms with Crippen molar-refractivity contribution in [2.24, 2.45) is 0 Å². The van der Waals surface area contributed by atoms with Crippen molar-refractivity contribution in [1.29, 1.82) is 0 Å². The standard InChI is InChI=1S/C21H23FN4O3/c1-27-17-12-16(13-18(28-2)20(17)29-3)25-19-9-11-24-21(26-19)23-10-8-14-4-6-15(22)7-5-14/h4-7,9,11-13H,8,10H2,1-3H3,(H2,23,24,25,26). The van der Waals surface area contributed by atoms with E-state index in [0.717, 1.165) is 17.7 Å². The average Bonchev–Trinajstić information content (AvgIpc) is 2.74. The largest absolute Gasteiger partial charge is 0.493 e. The molecule has 2 N–H and O–H groups in total. The van der Waals surface area contributed by atoms with Gasteiger partial charge in [0.15, 0.2) is 11.5 Å². The molecule has 152 valence electrons. The van der Waals surface area contributed by atoms with Gasteiger partial charge in [-0.2, -0.15) is 4.98 Å². The summed E-state index contributed by atoms with van der Waals surface area (Å²) < 4.78 is 29.0. The van der Waals surface area contributed by atoms with E-state index < -0.39 is 0 Å². The average molecular weight is 398 g/mol. The van der Waals surface area contributed by atoms with Gasteiger partial charge in [-0.05, 0) is 30.2 Å². The van der Waals surface area contributed by atoms with Gasteiger partial charge in [-0.3, -0.25) is 0 Å². The van der Waals surface area contributed by atoms with Crippen molar-refractivity contribution in [1.82, 2.24) is 9.97 Å². The van der Waals surface area contributed by atoms with E-state index in [1.54, 1.807) is 57.9 Å². The molecule has 0 aliphatic rings. The lowest BCUT2D eigenvalue weighted by molar-refractivity contribution is 0.324. The highest BCUT2D eigenvalue weighted by Crippen LogP contribution is 2.40. The maximum atomic E-state index is 13.0. The van der Waals surface area contributed by atoms with Crippen LogP contribution < -0.4 is 24.8 Å². The monoisotopic (exact) mass is 398 g/mol. The maximum Gasteiger partial charge on any atom is 0.224 e. The van der Waals surface area contributed by atoms with Crippen LogP contribution in [-0.2, 0) is 6.42 Å². The smallest absolute Gasteiger partial charge is 0.224 e. The maximum absolute atomic E-state index is 13.0. The molecule has 0 fully saturated rings. The van der Waals surface area contributed by atoms with Gasteiger partial charge in [0.1, 0.15) is 11.6 Å². The summed E-state index contributed by atoms with van der Waals surface area (Å²) in [5, 5.41) is 6.38. The number of hydrogen-bond donors (Lipinski definition) is 2. The van der Waals surface area contributed by atoms with Crippen molar-refractivity contribution in [2.45, 2.75) is 6.42 Å². The number of nitrogens with one attached hydrogen (secondary N) is 2. The van der Waals surface area contributed by atoms with Gasteiger partial charge < -0.3 is 24.8 Å². The molecule has 29 heavy (non-hydrogen) atoms. The fourth-order valence-electron chi connectivity index (χ4n) is 2.78. The third kappa shape index (κ3) is 5.25. The van der Waals surface area contributed by atoms with E-state index in [4.69, 9.17) is 14.2 Å². The number of hydrogen-bond acceptors (Lipinski definition) is 7. The highest BCUT2D eigenvalue weighted by molar-refractivity contribution is 5.66. The number of ether oxygens (including phenoxy) is 3. The van der Waals surface area contributed by atoms with Crippen LogP contribution in [-0.4, -0.2) is 37.8 Å². The molecule has 0 aliphatic carbocycles. The van der Waals surface area contributed by atoms with Gasteiger partial charge in [0.25, 0.3) is 0 Å². The van der Waals surface area contributed by atoms with Crippen molar-refractivity contribution in [3.05, 3.63) is 60.0 Å². The number of nitrogens with zero attached hydrogens (tertiary/aromatic N) is 2. The Morgan fingerprint density at radius 2 is 1.62 bits per heavy atom. The lowest BCUT2D eigenvalue weighted by Crippen LogP contribution is -2.08.